The van der Waals surface area contributed by atoms with Crippen molar-refractivity contribution >= 4 is 43.6 Å². The maximum atomic E-state index is 10.2. The average molecular weight is 535 g/mol. The van der Waals surface area contributed by atoms with E-state index in [2.05, 4.69) is 81.9 Å². The molecule has 0 bridgehead atoms. The number of nitrogens with zero attached hydrogens (tertiary/aromatic N) is 4. The van der Waals surface area contributed by atoms with E-state index in [4.69, 9.17) is 0 Å². The van der Waals surface area contributed by atoms with Gasteiger partial charge in [0.15, 0.2) is 0 Å². The minimum absolute atomic E-state index is 0.599. The highest BCUT2D eigenvalue weighted by Gasteiger charge is 2.18. The van der Waals surface area contributed by atoms with E-state index in [0.29, 0.717) is 11.1 Å². The number of fused-ring (bicyclic) bond motifs is 6. The number of benzene rings is 6. The van der Waals surface area contributed by atoms with Gasteiger partial charge in [0.1, 0.15) is 12.1 Å². The summed E-state index contributed by atoms with van der Waals surface area (Å²) in [4.78, 5) is 0. The van der Waals surface area contributed by atoms with Crippen LogP contribution < -0.4 is 0 Å². The van der Waals surface area contributed by atoms with E-state index in [1.165, 1.54) is 0 Å². The van der Waals surface area contributed by atoms with Gasteiger partial charge in [-0.25, -0.2) is 0 Å². The van der Waals surface area contributed by atoms with Gasteiger partial charge in [0.05, 0.1) is 44.6 Å². The lowest BCUT2D eigenvalue weighted by Gasteiger charge is -2.15. The highest BCUT2D eigenvalue weighted by atomic mass is 15.0. The number of nitriles is 2. The van der Waals surface area contributed by atoms with Crippen LogP contribution >= 0.6 is 0 Å². The van der Waals surface area contributed by atoms with E-state index in [1.54, 1.807) is 0 Å². The van der Waals surface area contributed by atoms with E-state index in [9.17, 15) is 10.5 Å². The van der Waals surface area contributed by atoms with Crippen molar-refractivity contribution in [2.45, 2.75) is 0 Å². The Morgan fingerprint density at radius 3 is 1.00 bits per heavy atom. The van der Waals surface area contributed by atoms with Crippen molar-refractivity contribution < 1.29 is 0 Å². The molecule has 8 rings (SSSR count). The van der Waals surface area contributed by atoms with Gasteiger partial charge >= 0.3 is 0 Å². The first-order valence-corrected chi connectivity index (χ1v) is 13.8. The molecular weight excluding hydrogens is 512 g/mol. The van der Waals surface area contributed by atoms with Gasteiger partial charge in [-0.2, -0.15) is 10.5 Å². The van der Waals surface area contributed by atoms with E-state index < -0.39 is 0 Å². The summed E-state index contributed by atoms with van der Waals surface area (Å²) in [5.41, 5.74) is 9.01. The molecule has 4 nitrogen and oxygen atoms in total. The molecule has 0 radical (unpaired) electrons. The lowest BCUT2D eigenvalue weighted by Crippen LogP contribution is -2.00. The summed E-state index contributed by atoms with van der Waals surface area (Å²) in [6, 6.07) is 50.0. The van der Waals surface area contributed by atoms with Crippen molar-refractivity contribution in [1.82, 2.24) is 9.13 Å². The minimum atomic E-state index is 0.599. The first-order valence-electron chi connectivity index (χ1n) is 13.8. The summed E-state index contributed by atoms with van der Waals surface area (Å²) in [7, 11) is 0. The third-order valence-corrected chi connectivity index (χ3v) is 8.21. The van der Waals surface area contributed by atoms with Crippen LogP contribution in [0, 0.1) is 22.7 Å². The monoisotopic (exact) mass is 534 g/mol. The molecule has 0 aliphatic heterocycles. The Kier molecular flexibility index (Phi) is 5.22. The molecule has 0 fully saturated rings. The normalized spacial score (nSPS) is 11.3. The van der Waals surface area contributed by atoms with Gasteiger partial charge in [-0.15, -0.1) is 0 Å². The molecule has 42 heavy (non-hydrogen) atoms. The molecule has 0 aliphatic carbocycles. The van der Waals surface area contributed by atoms with Gasteiger partial charge < -0.3 is 9.13 Å². The summed E-state index contributed by atoms with van der Waals surface area (Å²) in [6.45, 7) is 0. The van der Waals surface area contributed by atoms with Crippen LogP contribution in [0.25, 0.3) is 66.1 Å². The van der Waals surface area contributed by atoms with Crippen LogP contribution in [0.4, 0.5) is 0 Å². The van der Waals surface area contributed by atoms with E-state index in [1.807, 2.05) is 72.8 Å². The molecule has 6 aromatic carbocycles. The molecule has 194 valence electrons. The molecule has 0 spiro atoms. The van der Waals surface area contributed by atoms with Crippen LogP contribution in [0.2, 0.25) is 0 Å². The van der Waals surface area contributed by atoms with Crippen molar-refractivity contribution in [2.75, 3.05) is 0 Å². The fourth-order valence-electron chi connectivity index (χ4n) is 6.35. The van der Waals surface area contributed by atoms with Crippen LogP contribution in [0.15, 0.2) is 133 Å². The van der Waals surface area contributed by atoms with Crippen LogP contribution in [0.3, 0.4) is 0 Å². The third kappa shape index (κ3) is 3.40. The van der Waals surface area contributed by atoms with Gasteiger partial charge in [-0.05, 0) is 59.7 Å². The molecule has 0 atom stereocenters. The van der Waals surface area contributed by atoms with Crippen LogP contribution in [-0.2, 0) is 0 Å². The second kappa shape index (κ2) is 9.24. The molecule has 0 amide bonds. The van der Waals surface area contributed by atoms with Crippen LogP contribution in [-0.4, -0.2) is 9.13 Å². The smallest absolute Gasteiger partial charge is 0.101 e. The molecule has 0 N–H and O–H groups in total. The topological polar surface area (TPSA) is 57.4 Å². The zero-order valence-electron chi connectivity index (χ0n) is 22.5. The largest absolute Gasteiger partial charge is 0.308 e. The van der Waals surface area contributed by atoms with Gasteiger partial charge in [-0.1, -0.05) is 84.9 Å². The molecule has 2 aromatic heterocycles. The predicted octanol–water partition coefficient (Wildman–Crippen LogP) is 9.29. The molecule has 0 aliphatic rings. The second-order valence-electron chi connectivity index (χ2n) is 10.4. The first-order chi connectivity index (χ1) is 20.8. The van der Waals surface area contributed by atoms with Crippen molar-refractivity contribution in [2.24, 2.45) is 0 Å². The van der Waals surface area contributed by atoms with Crippen LogP contribution in [0.5, 0.6) is 0 Å². The van der Waals surface area contributed by atoms with Crippen molar-refractivity contribution in [3.8, 4) is 34.6 Å². The Bertz CT molecular complexity index is 2160. The maximum absolute atomic E-state index is 10.2. The Hall–Kier alpha value is -6.10. The average Bonchev–Trinajstić information content (AvgIpc) is 3.57. The first kappa shape index (κ1) is 23.8. The van der Waals surface area contributed by atoms with E-state index in [-0.39, 0.29) is 0 Å². The summed E-state index contributed by atoms with van der Waals surface area (Å²) in [6.07, 6.45) is 0. The Balaban J connectivity index is 1.39. The SMILES string of the molecule is N#Cc1ccc(-c2ccc(C#N)c(-n3c4ccccc4c4ccccc43)c2)cc1-n1c2ccccc2c2ccccc21. The molecule has 4 heteroatoms. The Morgan fingerprint density at radius 2 is 0.690 bits per heavy atom. The van der Waals surface area contributed by atoms with Crippen LogP contribution in [0.1, 0.15) is 11.1 Å². The number of rotatable bonds is 3. The zero-order valence-corrected chi connectivity index (χ0v) is 22.5. The fraction of sp³-hybridized carbons (Fsp3) is 0. The standard InChI is InChI=1S/C38H22N4/c39-23-27-19-17-25(21-37(27)41-33-13-5-1-9-29(33)30-10-2-6-14-34(30)41)26-18-20-28(24-40)38(22-26)42-35-15-7-3-11-31(35)32-12-4-8-16-36(32)42/h1-22H. The van der Waals surface area contributed by atoms with Crippen molar-refractivity contribution in [1.29, 1.82) is 10.5 Å². The lowest BCUT2D eigenvalue weighted by molar-refractivity contribution is 1.16. The quantitative estimate of drug-likeness (QED) is 0.227. The Morgan fingerprint density at radius 1 is 0.381 bits per heavy atom. The molecular formula is C38H22N4. The number of hydrogen-bond donors (Lipinski definition) is 0. The summed E-state index contributed by atoms with van der Waals surface area (Å²) >= 11 is 0. The predicted molar refractivity (Wildman–Crippen MR) is 170 cm³/mol. The number of aromatic nitrogens is 2. The molecule has 0 saturated heterocycles. The van der Waals surface area contributed by atoms with Gasteiger partial charge in [0.25, 0.3) is 0 Å². The number of para-hydroxylation sites is 4. The van der Waals surface area contributed by atoms with E-state index >= 15 is 0 Å². The highest BCUT2D eigenvalue weighted by molar-refractivity contribution is 6.10. The fourth-order valence-corrected chi connectivity index (χ4v) is 6.35. The molecule has 8 aromatic rings. The second-order valence-corrected chi connectivity index (χ2v) is 10.4. The van der Waals surface area contributed by atoms with E-state index in [0.717, 1.165) is 66.1 Å². The molecule has 0 saturated carbocycles. The zero-order chi connectivity index (χ0) is 28.2. The van der Waals surface area contributed by atoms with Crippen molar-refractivity contribution in [3.05, 3.63) is 145 Å². The lowest BCUT2D eigenvalue weighted by atomic mass is 9.99. The summed E-state index contributed by atoms with van der Waals surface area (Å²) in [5, 5.41) is 24.9. The van der Waals surface area contributed by atoms with Crippen molar-refractivity contribution in [3.63, 3.8) is 0 Å². The summed E-state index contributed by atoms with van der Waals surface area (Å²) < 4.78 is 4.37. The third-order valence-electron chi connectivity index (χ3n) is 8.21. The number of hydrogen-bond acceptors (Lipinski definition) is 2. The minimum Gasteiger partial charge on any atom is -0.308 e. The summed E-state index contributed by atoms with van der Waals surface area (Å²) in [5.74, 6) is 0. The highest BCUT2D eigenvalue weighted by Crippen LogP contribution is 2.37. The van der Waals surface area contributed by atoms with Gasteiger partial charge in [0.2, 0.25) is 0 Å². The maximum Gasteiger partial charge on any atom is 0.101 e. The molecule has 2 heterocycles. The Labute approximate surface area is 242 Å². The molecule has 0 unspecified atom stereocenters. The van der Waals surface area contributed by atoms with Gasteiger partial charge in [0, 0.05) is 21.5 Å². The van der Waals surface area contributed by atoms with Gasteiger partial charge in [-0.3, -0.25) is 0 Å².